The van der Waals surface area contributed by atoms with Gasteiger partial charge in [0.15, 0.2) is 34.8 Å². The SMILES string of the molecule is CC1(C)OB(c2cccc3ccccc23)OC1(C)C.CC1(C)OB(c2nc(-c3ccccc3)nc(-c3ccccc3)n2)OC1(C)C.FC1(F)c2ccc(-c3nc(-c4ccccc4)nc(-c4ccccc4)n3)cc2-c2cc(-c3cccc4nccnc34)ccc21.FC1(F)c2ccc(Cl)cc2-c2cc(-c3cccc4nccnc34)ccc21.FC1(F)c2ccc(Cl)cc2-c2cc(Br)ccc21. The third-order valence-electron chi connectivity index (χ3n) is 25.0. The predicted octanol–water partition coefficient (Wildman–Crippen LogP) is 26.5. The van der Waals surface area contributed by atoms with Gasteiger partial charge in [-0.05, 0) is 183 Å². The van der Waals surface area contributed by atoms with E-state index in [1.54, 1.807) is 79.4 Å². The van der Waals surface area contributed by atoms with Crippen LogP contribution in [0.15, 0.2) is 339 Å². The van der Waals surface area contributed by atoms with Crippen molar-refractivity contribution in [1.82, 2.24) is 49.8 Å². The first-order valence-electron chi connectivity index (χ1n) is 42.7. The summed E-state index contributed by atoms with van der Waals surface area (Å²) in [5, 5.41) is 3.32. The number of nitrogens with zero attached hydrogens (tertiary/aromatic N) is 10. The second kappa shape index (κ2) is 34.7. The number of para-hydroxylation sites is 2. The number of hydrogen-bond acceptors (Lipinski definition) is 14. The minimum atomic E-state index is -3.14. The number of hydrogen-bond donors (Lipinski definition) is 0. The molecule has 650 valence electrons. The van der Waals surface area contributed by atoms with Crippen molar-refractivity contribution >= 4 is 97.4 Å². The Morgan fingerprint density at radius 1 is 0.273 bits per heavy atom. The van der Waals surface area contributed by atoms with Crippen LogP contribution in [0.2, 0.25) is 10.0 Å². The molecule has 0 radical (unpaired) electrons. The third kappa shape index (κ3) is 16.7. The molecule has 25 heteroatoms. The molecule has 0 amide bonds. The first-order valence-corrected chi connectivity index (χ1v) is 44.2. The van der Waals surface area contributed by atoms with Crippen molar-refractivity contribution in [1.29, 1.82) is 0 Å². The fourth-order valence-corrected chi connectivity index (χ4v) is 17.5. The molecule has 18 aromatic rings. The quantitative estimate of drug-likeness (QED) is 0.0989. The highest BCUT2D eigenvalue weighted by Crippen LogP contribution is 2.56. The van der Waals surface area contributed by atoms with Crippen LogP contribution in [-0.4, -0.2) is 86.5 Å². The molecule has 0 unspecified atom stereocenters. The maximum atomic E-state index is 15.8. The van der Waals surface area contributed by atoms with Crippen molar-refractivity contribution in [3.05, 3.63) is 382 Å². The van der Waals surface area contributed by atoms with Crippen molar-refractivity contribution in [3.8, 4) is 113 Å². The van der Waals surface area contributed by atoms with E-state index in [1.807, 2.05) is 191 Å². The van der Waals surface area contributed by atoms with Gasteiger partial charge in [-0.2, -0.15) is 26.3 Å². The van der Waals surface area contributed by atoms with Crippen LogP contribution in [0.4, 0.5) is 26.3 Å². The highest BCUT2D eigenvalue weighted by Gasteiger charge is 2.55. The van der Waals surface area contributed by atoms with Crippen molar-refractivity contribution in [2.75, 3.05) is 0 Å². The molecule has 0 bridgehead atoms. The maximum absolute atomic E-state index is 15.8. The fourth-order valence-electron chi connectivity index (χ4n) is 16.8. The Hall–Kier alpha value is -13.4. The van der Waals surface area contributed by atoms with Crippen LogP contribution in [0, 0.1) is 0 Å². The summed E-state index contributed by atoms with van der Waals surface area (Å²) >= 11 is 15.2. The van der Waals surface area contributed by atoms with Crippen LogP contribution in [0.1, 0.15) is 88.8 Å². The topological polar surface area (TPSA) is 166 Å². The van der Waals surface area contributed by atoms with Gasteiger partial charge in [-0.1, -0.05) is 282 Å². The number of alkyl halides is 6. The van der Waals surface area contributed by atoms with E-state index >= 15 is 8.78 Å². The molecular formula is C107H79B2BrCl2F6N10O4. The lowest BCUT2D eigenvalue weighted by Gasteiger charge is -2.32. The molecule has 2 saturated heterocycles. The molecule has 0 N–H and O–H groups in total. The standard InChI is InChI=1S/C36H21F2N5.C21H22BN3O2.C21H11ClF2N2.C16H19BO2.C13H6BrClF2/c37-36(38)29-16-14-24(26-12-7-13-31-32(26)40-19-18-39-31)20-27(29)28-21-25(15-17-30(28)36)35-42-33(22-8-3-1-4-9-22)41-34(43-35)23-10-5-2-6-11-23;1-20(2)21(3,4)27-22(26-20)19-24-17(15-11-7-5-8-12-15)23-18(25-19)16-13-9-6-10-14-16;22-13-5-7-18-16(11-13)15-10-12(4-6-17(15)21(18,23)24)14-2-1-3-19-20(14)26-9-8-25-19;1-15(2)16(3,4)19-17(18-15)14-11-7-9-12-8-5-6-10-13(12)14;14-7-1-3-11-9(5-7)10-6-8(15)2-4-12(10)13(11,16)17/h1-21H;5-14H,1-4H3;1-11H;5-11H,1-4H3;1-6H. The fraction of sp³-hybridized carbons (Fsp3) is 0.140. The van der Waals surface area contributed by atoms with Crippen molar-refractivity contribution in [2.45, 2.75) is 95.6 Å². The molecule has 6 heterocycles. The van der Waals surface area contributed by atoms with Crippen LogP contribution in [0.3, 0.4) is 0 Å². The van der Waals surface area contributed by atoms with Gasteiger partial charge in [0.2, 0.25) is 0 Å². The van der Waals surface area contributed by atoms with E-state index in [9.17, 15) is 17.6 Å². The number of aromatic nitrogens is 10. The van der Waals surface area contributed by atoms with Crippen LogP contribution in [-0.2, 0) is 36.4 Å². The summed E-state index contributed by atoms with van der Waals surface area (Å²) in [6.45, 7) is 16.4. The number of fused-ring (bicyclic) bond motifs is 12. The Morgan fingerprint density at radius 3 is 1.00 bits per heavy atom. The number of halogens is 9. The molecule has 2 aliphatic heterocycles. The zero-order chi connectivity index (χ0) is 91.8. The van der Waals surface area contributed by atoms with Gasteiger partial charge in [0.05, 0.1) is 44.5 Å². The highest BCUT2D eigenvalue weighted by atomic mass is 79.9. The summed E-state index contributed by atoms with van der Waals surface area (Å²) in [6.07, 6.45) is 6.54. The average Bonchev–Trinajstić information content (AvgIpc) is 1.58. The molecule has 14 nitrogen and oxygen atoms in total. The van der Waals surface area contributed by atoms with Crippen molar-refractivity contribution in [3.63, 3.8) is 0 Å². The lowest BCUT2D eigenvalue weighted by atomic mass is 9.76. The van der Waals surface area contributed by atoms with Gasteiger partial charge < -0.3 is 18.6 Å². The van der Waals surface area contributed by atoms with Gasteiger partial charge in [0.1, 0.15) is 0 Å². The monoisotopic (exact) mass is 1850 g/mol. The smallest absolute Gasteiger partial charge is 0.399 e. The van der Waals surface area contributed by atoms with Crippen LogP contribution < -0.4 is 11.2 Å². The summed E-state index contributed by atoms with van der Waals surface area (Å²) in [7, 11) is -0.931. The highest BCUT2D eigenvalue weighted by molar-refractivity contribution is 9.10. The molecule has 5 aliphatic rings. The molecule has 0 spiro atoms. The van der Waals surface area contributed by atoms with Gasteiger partial charge >= 0.3 is 14.2 Å². The van der Waals surface area contributed by atoms with Gasteiger partial charge in [0.25, 0.3) is 17.8 Å². The Balaban J connectivity index is 0.000000111. The van der Waals surface area contributed by atoms with Gasteiger partial charge in [-0.25, -0.2) is 29.9 Å². The first kappa shape index (κ1) is 87.9. The molecule has 4 aromatic heterocycles. The van der Waals surface area contributed by atoms with E-state index in [4.69, 9.17) is 56.8 Å². The van der Waals surface area contributed by atoms with Crippen LogP contribution >= 0.6 is 39.1 Å². The molecule has 132 heavy (non-hydrogen) atoms. The van der Waals surface area contributed by atoms with Gasteiger partial charge in [-0.3, -0.25) is 19.9 Å². The molecule has 0 saturated carbocycles. The van der Waals surface area contributed by atoms with E-state index in [0.29, 0.717) is 83.8 Å². The summed E-state index contributed by atoms with van der Waals surface area (Å²) in [6, 6.07) is 93.8. The molecule has 2 fully saturated rings. The Kier molecular flexibility index (Phi) is 23.2. The minimum Gasteiger partial charge on any atom is -0.399 e. The average molecular weight is 1860 g/mol. The number of rotatable bonds is 9. The zero-order valence-electron chi connectivity index (χ0n) is 72.4. The second-order valence-corrected chi connectivity index (χ2v) is 36.2. The van der Waals surface area contributed by atoms with Gasteiger partial charge in [0, 0.05) is 112 Å². The predicted molar refractivity (Wildman–Crippen MR) is 515 cm³/mol. The summed E-state index contributed by atoms with van der Waals surface area (Å²) in [5.74, 6) is -6.45. The molecule has 0 atom stereocenters. The van der Waals surface area contributed by atoms with E-state index < -0.39 is 36.1 Å². The Bertz CT molecular complexity index is 7290. The zero-order valence-corrected chi connectivity index (χ0v) is 75.5. The van der Waals surface area contributed by atoms with Crippen molar-refractivity contribution in [2.24, 2.45) is 0 Å². The van der Waals surface area contributed by atoms with E-state index in [2.05, 4.69) is 121 Å². The largest absolute Gasteiger partial charge is 0.534 e. The molecule has 14 aromatic carbocycles. The molecular weight excluding hydrogens is 1780 g/mol. The van der Waals surface area contributed by atoms with E-state index in [1.165, 1.54) is 59.3 Å². The van der Waals surface area contributed by atoms with Gasteiger partial charge in [-0.15, -0.1) is 0 Å². The van der Waals surface area contributed by atoms with E-state index in [0.717, 1.165) is 76.5 Å². The second-order valence-electron chi connectivity index (χ2n) is 34.4. The normalized spacial score (nSPS) is 15.7. The first-order chi connectivity index (χ1) is 63.4. The Morgan fingerprint density at radius 2 is 0.583 bits per heavy atom. The molecule has 3 aliphatic carbocycles. The van der Waals surface area contributed by atoms with Crippen LogP contribution in [0.25, 0.3) is 145 Å². The summed E-state index contributed by atoms with van der Waals surface area (Å²) < 4.78 is 115. The third-order valence-corrected chi connectivity index (χ3v) is 26.0. The molecule has 23 rings (SSSR count). The minimum absolute atomic E-state index is 0.00448. The Labute approximate surface area is 777 Å². The maximum Gasteiger partial charge on any atom is 0.534 e. The van der Waals surface area contributed by atoms with E-state index in [-0.39, 0.29) is 51.7 Å². The van der Waals surface area contributed by atoms with Crippen molar-refractivity contribution < 1.29 is 45.0 Å². The summed E-state index contributed by atoms with van der Waals surface area (Å²) in [5.41, 5.74) is 13.5. The lowest BCUT2D eigenvalue weighted by molar-refractivity contribution is 0.00578. The number of benzene rings is 14. The van der Waals surface area contributed by atoms with Crippen LogP contribution in [0.5, 0.6) is 0 Å². The summed E-state index contributed by atoms with van der Waals surface area (Å²) in [4.78, 5) is 46.0. The lowest BCUT2D eigenvalue weighted by Crippen LogP contribution is -2.41.